The number of esters is 1. The van der Waals surface area contributed by atoms with Crippen LogP contribution in [-0.2, 0) is 16.1 Å². The van der Waals surface area contributed by atoms with Gasteiger partial charge in [0.05, 0.1) is 36.6 Å². The largest absolute Gasteiger partial charge is 0.497 e. The first-order valence-corrected chi connectivity index (χ1v) is 8.89. The lowest BCUT2D eigenvalue weighted by Crippen LogP contribution is -2.19. The summed E-state index contributed by atoms with van der Waals surface area (Å²) in [7, 11) is 1.59. The van der Waals surface area contributed by atoms with Crippen molar-refractivity contribution >= 4 is 33.4 Å². The molecule has 2 aromatic heterocycles. The summed E-state index contributed by atoms with van der Waals surface area (Å²) < 4.78 is 18.1. The van der Waals surface area contributed by atoms with Gasteiger partial charge in [0.15, 0.2) is 10.6 Å². The predicted octanol–water partition coefficient (Wildman–Crippen LogP) is 3.00. The summed E-state index contributed by atoms with van der Waals surface area (Å²) in [5, 5.41) is 0. The van der Waals surface area contributed by atoms with E-state index in [0.29, 0.717) is 23.7 Å². The van der Waals surface area contributed by atoms with Crippen molar-refractivity contribution in [1.82, 2.24) is 4.57 Å². The summed E-state index contributed by atoms with van der Waals surface area (Å²) >= 11 is 1.35. The summed E-state index contributed by atoms with van der Waals surface area (Å²) in [5.41, 5.74) is 0.867. The molecule has 26 heavy (non-hydrogen) atoms. The van der Waals surface area contributed by atoms with Crippen LogP contribution in [0.25, 0.3) is 10.2 Å². The highest BCUT2D eigenvalue weighted by Gasteiger charge is 2.13. The van der Waals surface area contributed by atoms with Crippen LogP contribution in [0.4, 0.5) is 0 Å². The van der Waals surface area contributed by atoms with E-state index in [9.17, 15) is 9.59 Å². The fourth-order valence-electron chi connectivity index (χ4n) is 2.46. The molecule has 2 heterocycles. The van der Waals surface area contributed by atoms with Crippen LogP contribution < -0.4 is 9.54 Å². The molecule has 136 valence electrons. The Kier molecular flexibility index (Phi) is 5.52. The number of ether oxygens (including phenoxy) is 2. The molecule has 0 fully saturated rings. The van der Waals surface area contributed by atoms with Crippen LogP contribution in [-0.4, -0.2) is 30.2 Å². The van der Waals surface area contributed by atoms with Crippen molar-refractivity contribution in [2.24, 2.45) is 4.99 Å². The van der Waals surface area contributed by atoms with E-state index in [-0.39, 0.29) is 18.2 Å². The minimum Gasteiger partial charge on any atom is -0.497 e. The highest BCUT2D eigenvalue weighted by atomic mass is 32.1. The van der Waals surface area contributed by atoms with Crippen LogP contribution >= 0.6 is 11.3 Å². The second kappa shape index (κ2) is 8.01. The number of nitrogens with zero attached hydrogens (tertiary/aromatic N) is 2. The Bertz CT molecular complexity index is 985. The summed E-state index contributed by atoms with van der Waals surface area (Å²) in [5.74, 6) is 0.103. The molecule has 0 atom stereocenters. The zero-order valence-corrected chi connectivity index (χ0v) is 15.2. The minimum atomic E-state index is -0.474. The number of carbonyl (C=O) groups excluding carboxylic acids is 2. The van der Waals surface area contributed by atoms with Gasteiger partial charge >= 0.3 is 11.9 Å². The first-order chi connectivity index (χ1) is 12.6. The lowest BCUT2D eigenvalue weighted by atomic mass is 10.3. The summed E-state index contributed by atoms with van der Waals surface area (Å²) in [6.07, 6.45) is 1.61. The number of rotatable bonds is 6. The van der Waals surface area contributed by atoms with Crippen molar-refractivity contribution in [3.63, 3.8) is 0 Å². The van der Waals surface area contributed by atoms with Gasteiger partial charge in [-0.2, -0.15) is 4.99 Å². The Morgan fingerprint density at radius 2 is 2.15 bits per heavy atom. The molecule has 3 aromatic rings. The highest BCUT2D eigenvalue weighted by molar-refractivity contribution is 7.16. The number of furan rings is 1. The van der Waals surface area contributed by atoms with Crippen LogP contribution in [0.1, 0.15) is 23.9 Å². The molecule has 0 aliphatic rings. The van der Waals surface area contributed by atoms with Gasteiger partial charge in [0.2, 0.25) is 0 Å². The van der Waals surface area contributed by atoms with E-state index < -0.39 is 5.91 Å². The topological polar surface area (TPSA) is 83.0 Å². The Balaban J connectivity index is 2.03. The van der Waals surface area contributed by atoms with Gasteiger partial charge in [-0.25, -0.2) is 0 Å². The predicted molar refractivity (Wildman–Crippen MR) is 96.2 cm³/mol. The van der Waals surface area contributed by atoms with Crippen molar-refractivity contribution in [1.29, 1.82) is 0 Å². The SMILES string of the molecule is CCOC(=O)CCn1c(=NC(=O)c2ccco2)sc2cc(OC)ccc21. The first kappa shape index (κ1) is 17.9. The van der Waals surface area contributed by atoms with Gasteiger partial charge in [-0.3, -0.25) is 9.59 Å². The third-order valence-electron chi connectivity index (χ3n) is 3.66. The third kappa shape index (κ3) is 3.85. The third-order valence-corrected chi connectivity index (χ3v) is 4.71. The molecule has 0 N–H and O–H groups in total. The van der Waals surface area contributed by atoms with Crippen LogP contribution in [0.3, 0.4) is 0 Å². The van der Waals surface area contributed by atoms with Crippen LogP contribution in [0.5, 0.6) is 5.75 Å². The van der Waals surface area contributed by atoms with E-state index >= 15 is 0 Å². The molecular formula is C18H18N2O5S. The monoisotopic (exact) mass is 374 g/mol. The van der Waals surface area contributed by atoms with Gasteiger partial charge < -0.3 is 18.5 Å². The molecule has 0 bridgehead atoms. The van der Waals surface area contributed by atoms with Crippen molar-refractivity contribution in [2.75, 3.05) is 13.7 Å². The number of hydrogen-bond donors (Lipinski definition) is 0. The van der Waals surface area contributed by atoms with Gasteiger partial charge in [-0.15, -0.1) is 0 Å². The number of thiazole rings is 1. The van der Waals surface area contributed by atoms with E-state index in [2.05, 4.69) is 4.99 Å². The average molecular weight is 374 g/mol. The maximum absolute atomic E-state index is 12.3. The number of methoxy groups -OCH3 is 1. The molecule has 7 nitrogen and oxygen atoms in total. The van der Waals surface area contributed by atoms with Gasteiger partial charge in [0.25, 0.3) is 0 Å². The zero-order chi connectivity index (χ0) is 18.5. The maximum Gasteiger partial charge on any atom is 0.315 e. The Hall–Kier alpha value is -2.87. The van der Waals surface area contributed by atoms with E-state index in [1.165, 1.54) is 17.6 Å². The van der Waals surface area contributed by atoms with Gasteiger partial charge in [0, 0.05) is 6.54 Å². The molecule has 1 aromatic carbocycles. The number of benzene rings is 1. The van der Waals surface area contributed by atoms with E-state index in [0.717, 1.165) is 10.2 Å². The fraction of sp³-hybridized carbons (Fsp3) is 0.278. The first-order valence-electron chi connectivity index (χ1n) is 8.08. The fourth-order valence-corrected chi connectivity index (χ4v) is 3.54. The molecule has 0 aliphatic heterocycles. The lowest BCUT2D eigenvalue weighted by molar-refractivity contribution is -0.143. The number of amides is 1. The standard InChI is InChI=1S/C18H18N2O5S/c1-3-24-16(21)8-9-20-13-7-6-12(23-2)11-15(13)26-18(20)19-17(22)14-5-4-10-25-14/h4-7,10-11H,3,8-9H2,1-2H3. The molecule has 0 radical (unpaired) electrons. The van der Waals surface area contributed by atoms with Crippen molar-refractivity contribution in [3.05, 3.63) is 47.2 Å². The Labute approximate surface area is 153 Å². The minimum absolute atomic E-state index is 0.164. The molecule has 0 aliphatic carbocycles. The van der Waals surface area contributed by atoms with Crippen LogP contribution in [0, 0.1) is 0 Å². The van der Waals surface area contributed by atoms with E-state index in [1.54, 1.807) is 26.2 Å². The quantitative estimate of drug-likeness (QED) is 0.620. The number of aromatic nitrogens is 1. The number of fused-ring (bicyclic) bond motifs is 1. The van der Waals surface area contributed by atoms with Gasteiger partial charge in [-0.1, -0.05) is 11.3 Å². The smallest absolute Gasteiger partial charge is 0.315 e. The van der Waals surface area contributed by atoms with Gasteiger partial charge in [-0.05, 0) is 37.3 Å². The lowest BCUT2D eigenvalue weighted by Gasteiger charge is -2.06. The van der Waals surface area contributed by atoms with Gasteiger partial charge in [0.1, 0.15) is 5.75 Å². The number of carbonyl (C=O) groups is 2. The van der Waals surface area contributed by atoms with Crippen molar-refractivity contribution < 1.29 is 23.5 Å². The summed E-state index contributed by atoms with van der Waals surface area (Å²) in [6.45, 7) is 2.45. The van der Waals surface area contributed by atoms with E-state index in [1.807, 2.05) is 22.8 Å². The second-order valence-corrected chi connectivity index (χ2v) is 6.33. The summed E-state index contributed by atoms with van der Waals surface area (Å²) in [6, 6.07) is 8.77. The van der Waals surface area contributed by atoms with E-state index in [4.69, 9.17) is 13.9 Å². The zero-order valence-electron chi connectivity index (χ0n) is 14.4. The Morgan fingerprint density at radius 1 is 1.31 bits per heavy atom. The molecular weight excluding hydrogens is 356 g/mol. The van der Waals surface area contributed by atoms with Crippen molar-refractivity contribution in [3.8, 4) is 5.75 Å². The van der Waals surface area contributed by atoms with Crippen molar-refractivity contribution in [2.45, 2.75) is 19.9 Å². The molecule has 3 rings (SSSR count). The second-order valence-electron chi connectivity index (χ2n) is 5.32. The molecule has 0 spiro atoms. The molecule has 0 saturated carbocycles. The Morgan fingerprint density at radius 3 is 2.85 bits per heavy atom. The van der Waals surface area contributed by atoms with Crippen LogP contribution in [0.2, 0.25) is 0 Å². The molecule has 1 amide bonds. The average Bonchev–Trinajstić information content (AvgIpc) is 3.27. The normalized spacial score (nSPS) is 11.7. The van der Waals surface area contributed by atoms with Crippen LogP contribution in [0.15, 0.2) is 46.0 Å². The molecule has 8 heteroatoms. The number of aryl methyl sites for hydroxylation is 1. The summed E-state index contributed by atoms with van der Waals surface area (Å²) in [4.78, 5) is 28.7. The number of hydrogen-bond acceptors (Lipinski definition) is 6. The molecule has 0 unspecified atom stereocenters. The molecule has 0 saturated heterocycles. The maximum atomic E-state index is 12.3. The highest BCUT2D eigenvalue weighted by Crippen LogP contribution is 2.23.